The van der Waals surface area contributed by atoms with Gasteiger partial charge in [0.2, 0.25) is 0 Å². The number of nitrogens with one attached hydrogen (secondary N) is 1. The molecule has 0 aliphatic carbocycles. The summed E-state index contributed by atoms with van der Waals surface area (Å²) in [6.45, 7) is -0.298. The van der Waals surface area contributed by atoms with Crippen molar-refractivity contribution in [1.29, 1.82) is 0 Å². The average molecular weight is 584 g/mol. The lowest BCUT2D eigenvalue weighted by Crippen LogP contribution is -2.38. The number of benzene rings is 2. The van der Waals surface area contributed by atoms with E-state index in [0.29, 0.717) is 20.6 Å². The van der Waals surface area contributed by atoms with Crippen LogP contribution in [0.4, 0.5) is 5.69 Å². The Hall–Kier alpha value is -4.13. The number of carbonyl (C=O) groups is 2. The molecular weight excluding hydrogens is 565 g/mol. The van der Waals surface area contributed by atoms with Gasteiger partial charge in [0.05, 0.1) is 16.9 Å². The van der Waals surface area contributed by atoms with Crippen molar-refractivity contribution in [3.05, 3.63) is 96.2 Å². The number of anilines is 1. The van der Waals surface area contributed by atoms with Gasteiger partial charge in [0.25, 0.3) is 17.4 Å². The molecule has 2 aromatic heterocycles. The molecule has 0 spiro atoms. The zero-order chi connectivity index (χ0) is 27.8. The minimum atomic E-state index is -0.576. The molecule has 0 unspecified atom stereocenters. The van der Waals surface area contributed by atoms with Crippen LogP contribution in [0.5, 0.6) is 0 Å². The third-order valence-corrected chi connectivity index (χ3v) is 7.34. The highest BCUT2D eigenvalue weighted by Gasteiger charge is 2.35. The predicted octanol–water partition coefficient (Wildman–Crippen LogP) is 2.95. The number of hydrogen-bond donors (Lipinski definition) is 1. The van der Waals surface area contributed by atoms with Crippen LogP contribution in [0.2, 0.25) is 10.0 Å². The number of thioether (sulfide) groups is 1. The SMILES string of the molecule is Cn1c(=O)c2c(ncn2CC(=O)N/N=C2/S/C(=C/c3ccc(Cl)cc3)C(=O)N2c2ccc(Cl)cc2)n(C)c1=O. The molecule has 14 heteroatoms. The summed E-state index contributed by atoms with van der Waals surface area (Å²) in [7, 11) is 2.84. The minimum Gasteiger partial charge on any atom is -0.315 e. The van der Waals surface area contributed by atoms with E-state index < -0.39 is 17.2 Å². The van der Waals surface area contributed by atoms with Crippen molar-refractivity contribution in [3.63, 3.8) is 0 Å². The maximum Gasteiger partial charge on any atom is 0.332 e. The van der Waals surface area contributed by atoms with Gasteiger partial charge < -0.3 is 4.57 Å². The first kappa shape index (κ1) is 26.5. The Morgan fingerprint density at radius 2 is 1.64 bits per heavy atom. The quantitative estimate of drug-likeness (QED) is 0.284. The second kappa shape index (κ2) is 10.6. The molecule has 1 N–H and O–H groups in total. The Labute approximate surface area is 235 Å². The third kappa shape index (κ3) is 5.13. The van der Waals surface area contributed by atoms with Crippen LogP contribution in [0.15, 0.2) is 74.5 Å². The van der Waals surface area contributed by atoms with Crippen molar-refractivity contribution >= 4 is 74.9 Å². The second-order valence-corrected chi connectivity index (χ2v) is 10.3. The smallest absolute Gasteiger partial charge is 0.315 e. The van der Waals surface area contributed by atoms with E-state index in [4.69, 9.17) is 23.2 Å². The van der Waals surface area contributed by atoms with Gasteiger partial charge in [0.1, 0.15) is 6.54 Å². The number of hydrazone groups is 1. The van der Waals surface area contributed by atoms with E-state index in [0.717, 1.165) is 21.9 Å². The van der Waals surface area contributed by atoms with E-state index in [-0.39, 0.29) is 28.8 Å². The van der Waals surface area contributed by atoms with E-state index in [1.165, 1.54) is 34.5 Å². The van der Waals surface area contributed by atoms with Gasteiger partial charge in [-0.15, -0.1) is 5.10 Å². The molecule has 1 fully saturated rings. The van der Waals surface area contributed by atoms with E-state index in [2.05, 4.69) is 15.5 Å². The van der Waals surface area contributed by atoms with Gasteiger partial charge in [0.15, 0.2) is 16.3 Å². The average Bonchev–Trinajstić information content (AvgIpc) is 3.47. The van der Waals surface area contributed by atoms with Crippen LogP contribution in [0, 0.1) is 0 Å². The highest BCUT2D eigenvalue weighted by atomic mass is 35.5. The molecule has 4 aromatic rings. The first-order valence-corrected chi connectivity index (χ1v) is 12.9. The fraction of sp³-hybridized carbons (Fsp3) is 0.120. The number of aryl methyl sites for hydroxylation is 1. The normalized spacial score (nSPS) is 15.6. The molecule has 1 aliphatic heterocycles. The molecule has 0 atom stereocenters. The maximum absolute atomic E-state index is 13.4. The summed E-state index contributed by atoms with van der Waals surface area (Å²) in [5, 5.41) is 5.49. The van der Waals surface area contributed by atoms with E-state index >= 15 is 0 Å². The molecule has 2 amide bonds. The van der Waals surface area contributed by atoms with Crippen LogP contribution in [-0.4, -0.2) is 35.7 Å². The topological polar surface area (TPSA) is 124 Å². The van der Waals surface area contributed by atoms with Gasteiger partial charge in [0, 0.05) is 24.1 Å². The van der Waals surface area contributed by atoms with Crippen molar-refractivity contribution in [3.8, 4) is 0 Å². The Morgan fingerprint density at radius 1 is 1.00 bits per heavy atom. The summed E-state index contributed by atoms with van der Waals surface area (Å²) in [5.74, 6) is -0.910. The summed E-state index contributed by atoms with van der Waals surface area (Å²) < 4.78 is 3.51. The molecule has 2 aromatic carbocycles. The van der Waals surface area contributed by atoms with Gasteiger partial charge in [-0.25, -0.2) is 15.2 Å². The molecule has 198 valence electrons. The number of rotatable bonds is 5. The summed E-state index contributed by atoms with van der Waals surface area (Å²) >= 11 is 13.1. The molecule has 3 heterocycles. The highest BCUT2D eigenvalue weighted by molar-refractivity contribution is 8.19. The van der Waals surface area contributed by atoms with Crippen LogP contribution in [-0.2, 0) is 30.2 Å². The fourth-order valence-electron chi connectivity index (χ4n) is 3.89. The maximum atomic E-state index is 13.4. The molecule has 1 aliphatic rings. The van der Waals surface area contributed by atoms with Gasteiger partial charge in [-0.2, -0.15) is 0 Å². The number of imidazole rings is 1. The molecular formula is C25H19Cl2N7O4S. The van der Waals surface area contributed by atoms with Gasteiger partial charge in [-0.05, 0) is 59.8 Å². The lowest BCUT2D eigenvalue weighted by atomic mass is 10.2. The number of carbonyl (C=O) groups excluding carboxylic acids is 2. The van der Waals surface area contributed by atoms with Gasteiger partial charge in [-0.1, -0.05) is 35.3 Å². The van der Waals surface area contributed by atoms with Crippen LogP contribution in [0.3, 0.4) is 0 Å². The van der Waals surface area contributed by atoms with Crippen molar-refractivity contribution in [2.24, 2.45) is 19.2 Å². The lowest BCUT2D eigenvalue weighted by molar-refractivity contribution is -0.121. The molecule has 0 bridgehead atoms. The monoisotopic (exact) mass is 583 g/mol. The number of hydrogen-bond acceptors (Lipinski definition) is 7. The number of halogens is 2. The molecule has 5 rings (SSSR count). The zero-order valence-electron chi connectivity index (χ0n) is 20.5. The second-order valence-electron chi connectivity index (χ2n) is 8.46. The highest BCUT2D eigenvalue weighted by Crippen LogP contribution is 2.36. The van der Waals surface area contributed by atoms with Crippen LogP contribution < -0.4 is 21.6 Å². The first-order valence-electron chi connectivity index (χ1n) is 11.4. The Bertz CT molecular complexity index is 1810. The predicted molar refractivity (Wildman–Crippen MR) is 152 cm³/mol. The Morgan fingerprint density at radius 3 is 2.31 bits per heavy atom. The minimum absolute atomic E-state index is 0.101. The number of fused-ring (bicyclic) bond motifs is 1. The van der Waals surface area contributed by atoms with Crippen molar-refractivity contribution < 1.29 is 9.59 Å². The zero-order valence-corrected chi connectivity index (χ0v) is 22.8. The van der Waals surface area contributed by atoms with Crippen molar-refractivity contribution in [1.82, 2.24) is 24.1 Å². The van der Waals surface area contributed by atoms with Crippen LogP contribution >= 0.6 is 35.0 Å². The molecule has 39 heavy (non-hydrogen) atoms. The number of aromatic nitrogens is 4. The van der Waals surface area contributed by atoms with Crippen LogP contribution in [0.25, 0.3) is 17.2 Å². The molecule has 0 radical (unpaired) electrons. The first-order chi connectivity index (χ1) is 18.6. The van der Waals surface area contributed by atoms with Gasteiger partial charge >= 0.3 is 5.69 Å². The Balaban J connectivity index is 1.44. The fourth-order valence-corrected chi connectivity index (χ4v) is 5.09. The molecule has 0 saturated carbocycles. The number of amides is 2. The van der Waals surface area contributed by atoms with Crippen molar-refractivity contribution in [2.75, 3.05) is 4.90 Å². The summed E-state index contributed by atoms with van der Waals surface area (Å²) in [6, 6.07) is 13.6. The summed E-state index contributed by atoms with van der Waals surface area (Å²) in [6.07, 6.45) is 3.01. The standard InChI is InChI=1S/C25H19Cl2N7O4S/c1-31-21-20(23(37)32(2)25(31)38)33(13-28-21)12-19(35)29-30-24-34(17-9-7-16(27)8-10-17)22(36)18(39-24)11-14-3-5-15(26)6-4-14/h3-11,13H,12H2,1-2H3,(H,29,35)/b18-11+,30-24+. The summed E-state index contributed by atoms with van der Waals surface area (Å²) in [5.41, 5.74) is 2.88. The van der Waals surface area contributed by atoms with Crippen LogP contribution in [0.1, 0.15) is 5.56 Å². The third-order valence-electron chi connectivity index (χ3n) is 5.87. The molecule has 11 nitrogen and oxygen atoms in total. The van der Waals surface area contributed by atoms with E-state index in [1.54, 1.807) is 54.6 Å². The largest absolute Gasteiger partial charge is 0.332 e. The van der Waals surface area contributed by atoms with Crippen molar-refractivity contribution in [2.45, 2.75) is 6.54 Å². The van der Waals surface area contributed by atoms with E-state index in [1.807, 2.05) is 0 Å². The Kier molecular flexibility index (Phi) is 7.17. The summed E-state index contributed by atoms with van der Waals surface area (Å²) in [4.78, 5) is 56.9. The lowest BCUT2D eigenvalue weighted by Gasteiger charge is -2.15. The number of amidine groups is 1. The van der Waals surface area contributed by atoms with E-state index in [9.17, 15) is 19.2 Å². The number of nitrogens with zero attached hydrogens (tertiary/aromatic N) is 6. The molecule has 1 saturated heterocycles. The van der Waals surface area contributed by atoms with Gasteiger partial charge in [-0.3, -0.25) is 28.4 Å².